The third kappa shape index (κ3) is 6.95. The minimum atomic E-state index is -3.17. The molecule has 0 amide bonds. The normalized spacial score (nSPS) is 12.5. The Labute approximate surface area is 166 Å². The van der Waals surface area contributed by atoms with E-state index in [9.17, 15) is 0 Å². The summed E-state index contributed by atoms with van der Waals surface area (Å²) in [7, 11) is 4.12. The highest BCUT2D eigenvalue weighted by atomic mass is 35.6. The third-order valence-corrected chi connectivity index (χ3v) is 4.76. The molecular formula is C19H25ClN4O2Si. The average Bonchev–Trinajstić information content (AvgIpc) is 2.61. The molecule has 0 atom stereocenters. The molecule has 0 unspecified atom stereocenters. The van der Waals surface area contributed by atoms with Crippen molar-refractivity contribution in [3.05, 3.63) is 71.8 Å². The van der Waals surface area contributed by atoms with Crippen molar-refractivity contribution < 1.29 is 8.85 Å². The topological polar surface area (TPSA) is 49.7 Å². The first kappa shape index (κ1) is 20.8. The molecule has 8 heteroatoms. The van der Waals surface area contributed by atoms with Crippen LogP contribution in [0.25, 0.3) is 0 Å². The van der Waals surface area contributed by atoms with E-state index in [2.05, 4.69) is 10.2 Å². The van der Waals surface area contributed by atoms with Gasteiger partial charge in [-0.2, -0.15) is 0 Å². The first-order valence-corrected chi connectivity index (χ1v) is 11.8. The van der Waals surface area contributed by atoms with Crippen molar-refractivity contribution in [2.24, 2.45) is 10.2 Å². The largest absolute Gasteiger partial charge is 0.568 e. The fourth-order valence-corrected chi connectivity index (χ4v) is 3.65. The Morgan fingerprint density at radius 3 is 1.37 bits per heavy atom. The van der Waals surface area contributed by atoms with Gasteiger partial charge in [0.25, 0.3) is 0 Å². The molecule has 2 rings (SSSR count). The van der Waals surface area contributed by atoms with Gasteiger partial charge in [-0.25, -0.2) is 0 Å². The van der Waals surface area contributed by atoms with Crippen LogP contribution in [0.15, 0.2) is 70.9 Å². The molecule has 0 spiro atoms. The van der Waals surface area contributed by atoms with Gasteiger partial charge in [-0.15, -0.1) is 10.2 Å². The molecule has 0 N–H and O–H groups in total. The fourth-order valence-electron chi connectivity index (χ4n) is 2.17. The van der Waals surface area contributed by atoms with Crippen LogP contribution in [0.5, 0.6) is 0 Å². The molecule has 0 radical (unpaired) electrons. The summed E-state index contributed by atoms with van der Waals surface area (Å²) in [6.07, 6.45) is 0. The highest BCUT2D eigenvalue weighted by Crippen LogP contribution is 2.19. The Morgan fingerprint density at radius 2 is 1.07 bits per heavy atom. The molecule has 0 aliphatic heterocycles. The van der Waals surface area contributed by atoms with Crippen LogP contribution in [0.3, 0.4) is 0 Å². The molecule has 0 aromatic heterocycles. The Kier molecular flexibility index (Phi) is 7.26. The molecule has 0 bridgehead atoms. The predicted molar refractivity (Wildman–Crippen MR) is 113 cm³/mol. The van der Waals surface area contributed by atoms with Crippen molar-refractivity contribution in [3.63, 3.8) is 0 Å². The second kappa shape index (κ2) is 9.43. The molecule has 2 aromatic carbocycles. The number of benzene rings is 2. The van der Waals surface area contributed by atoms with Gasteiger partial charge in [0.05, 0.1) is 0 Å². The number of halogens is 1. The molecule has 2 aromatic rings. The predicted octanol–water partition coefficient (Wildman–Crippen LogP) is 3.67. The first-order valence-electron chi connectivity index (χ1n) is 8.46. The maximum absolute atomic E-state index is 6.69. The lowest BCUT2D eigenvalue weighted by molar-refractivity contribution is 0.363. The van der Waals surface area contributed by atoms with E-state index >= 15 is 0 Å². The molecule has 0 saturated heterocycles. The van der Waals surface area contributed by atoms with Crippen LogP contribution < -0.4 is 0 Å². The summed E-state index contributed by atoms with van der Waals surface area (Å²) >= 11 is 6.69. The number of nitrogens with zero attached hydrogens (tertiary/aromatic N) is 4. The lowest BCUT2D eigenvalue weighted by Crippen LogP contribution is -2.38. The van der Waals surface area contributed by atoms with E-state index < -0.39 is 7.87 Å². The monoisotopic (exact) mass is 404 g/mol. The van der Waals surface area contributed by atoms with Crippen LogP contribution in [-0.4, -0.2) is 57.9 Å². The molecule has 0 aliphatic rings. The minimum Gasteiger partial charge on any atom is -0.485 e. The van der Waals surface area contributed by atoms with Gasteiger partial charge in [-0.3, -0.25) is 10.0 Å². The first-order chi connectivity index (χ1) is 12.8. The van der Waals surface area contributed by atoms with Crippen molar-refractivity contribution in [2.45, 2.75) is 6.55 Å². The van der Waals surface area contributed by atoms with E-state index in [1.807, 2.05) is 88.9 Å². The average molecular weight is 405 g/mol. The molecule has 0 saturated carbocycles. The molecular weight excluding hydrogens is 380 g/mol. The third-order valence-electron chi connectivity index (χ3n) is 3.18. The highest BCUT2D eigenvalue weighted by molar-refractivity contribution is 7.13. The molecule has 0 fully saturated rings. The Balaban J connectivity index is 2.29. The molecule has 0 heterocycles. The molecule has 27 heavy (non-hydrogen) atoms. The summed E-state index contributed by atoms with van der Waals surface area (Å²) in [6.45, 7) is 1.75. The molecule has 6 nitrogen and oxygen atoms in total. The van der Waals surface area contributed by atoms with Gasteiger partial charge >= 0.3 is 7.87 Å². The van der Waals surface area contributed by atoms with Crippen LogP contribution in [0.1, 0.15) is 11.1 Å². The highest BCUT2D eigenvalue weighted by Gasteiger charge is 2.37. The summed E-state index contributed by atoms with van der Waals surface area (Å²) in [6, 6.07) is 19.2. The maximum Gasteiger partial charge on any atom is 0.568 e. The van der Waals surface area contributed by atoms with E-state index in [1.54, 1.807) is 16.6 Å². The fraction of sp³-hybridized carbons (Fsp3) is 0.263. The number of hydrogen-bond acceptors (Lipinski definition) is 6. The van der Waals surface area contributed by atoms with Gasteiger partial charge in [0.2, 0.25) is 11.8 Å². The Bertz CT molecular complexity index is 715. The van der Waals surface area contributed by atoms with Crippen LogP contribution in [0.2, 0.25) is 6.55 Å². The van der Waals surface area contributed by atoms with Gasteiger partial charge in [0.15, 0.2) is 0 Å². The van der Waals surface area contributed by atoms with Crippen molar-refractivity contribution in [1.82, 2.24) is 10.0 Å². The SMILES string of the molecule is CN(C)/N=C(/O[Si](C)(Cl)O/C(=N/N(C)C)c1ccccc1)c1ccccc1. The van der Waals surface area contributed by atoms with Crippen LogP contribution in [0, 0.1) is 0 Å². The van der Waals surface area contributed by atoms with E-state index in [0.717, 1.165) is 11.1 Å². The summed E-state index contributed by atoms with van der Waals surface area (Å²) in [4.78, 5) is 0. The van der Waals surface area contributed by atoms with Crippen molar-refractivity contribution in [1.29, 1.82) is 0 Å². The van der Waals surface area contributed by atoms with Crippen molar-refractivity contribution in [3.8, 4) is 0 Å². The quantitative estimate of drug-likeness (QED) is 0.242. The van der Waals surface area contributed by atoms with Gasteiger partial charge in [-0.1, -0.05) is 47.5 Å². The minimum absolute atomic E-state index is 0.405. The van der Waals surface area contributed by atoms with Crippen molar-refractivity contribution >= 4 is 30.7 Å². The number of rotatable bonds is 6. The number of hydrazone groups is 2. The maximum atomic E-state index is 6.69. The number of hydrogen-bond donors (Lipinski definition) is 0. The van der Waals surface area contributed by atoms with E-state index in [4.69, 9.17) is 19.9 Å². The second-order valence-corrected chi connectivity index (χ2v) is 10.4. The van der Waals surface area contributed by atoms with Gasteiger partial charge in [0, 0.05) is 45.9 Å². The lowest BCUT2D eigenvalue weighted by Gasteiger charge is -2.25. The summed E-state index contributed by atoms with van der Waals surface area (Å²) in [5.41, 5.74) is 1.64. The molecule has 0 aliphatic carbocycles. The smallest absolute Gasteiger partial charge is 0.485 e. The van der Waals surface area contributed by atoms with Gasteiger partial charge < -0.3 is 8.85 Å². The van der Waals surface area contributed by atoms with E-state index in [1.165, 1.54) is 0 Å². The lowest BCUT2D eigenvalue weighted by atomic mass is 10.2. The summed E-state index contributed by atoms with van der Waals surface area (Å²) in [5, 5.41) is 12.2. The van der Waals surface area contributed by atoms with E-state index in [0.29, 0.717) is 11.8 Å². The van der Waals surface area contributed by atoms with Crippen LogP contribution >= 0.6 is 11.1 Å². The van der Waals surface area contributed by atoms with Gasteiger partial charge in [-0.05, 0) is 24.3 Å². The molecule has 144 valence electrons. The summed E-state index contributed by atoms with van der Waals surface area (Å²) in [5.74, 6) is 0.809. The zero-order chi connectivity index (χ0) is 19.9. The van der Waals surface area contributed by atoms with E-state index in [-0.39, 0.29) is 0 Å². The van der Waals surface area contributed by atoms with Gasteiger partial charge in [0.1, 0.15) is 0 Å². The van der Waals surface area contributed by atoms with Crippen LogP contribution in [0.4, 0.5) is 0 Å². The van der Waals surface area contributed by atoms with Crippen molar-refractivity contribution in [2.75, 3.05) is 28.2 Å². The van der Waals surface area contributed by atoms with Crippen LogP contribution in [-0.2, 0) is 8.85 Å². The Morgan fingerprint density at radius 1 is 0.741 bits per heavy atom. The second-order valence-electron chi connectivity index (χ2n) is 6.28. The zero-order valence-corrected chi connectivity index (χ0v) is 18.0. The zero-order valence-electron chi connectivity index (χ0n) is 16.3. The standard InChI is InChI=1S/C19H25ClN4O2Si/c1-23(2)21-18(16-12-8-6-9-13-16)25-27(5,20)26-19(22-24(3)4)17-14-10-7-11-15-17/h6-15H,1-5H3/b21-18+,22-19+. The summed E-state index contributed by atoms with van der Waals surface area (Å²) < 4.78 is 12.1. The Hall–Kier alpha value is -2.51.